The summed E-state index contributed by atoms with van der Waals surface area (Å²) in [4.78, 5) is 30.7. The predicted octanol–water partition coefficient (Wildman–Crippen LogP) is 5.03. The van der Waals surface area contributed by atoms with Gasteiger partial charge in [0.1, 0.15) is 12.2 Å². The molecule has 206 valence electrons. The second-order valence-electron chi connectivity index (χ2n) is 9.84. The monoisotopic (exact) mass is 549 g/mol. The van der Waals surface area contributed by atoms with Gasteiger partial charge in [-0.3, -0.25) is 14.1 Å². The van der Waals surface area contributed by atoms with E-state index in [9.17, 15) is 18.0 Å². The Balaban J connectivity index is 1.40. The van der Waals surface area contributed by atoms with Crippen molar-refractivity contribution in [3.05, 3.63) is 76.5 Å². The molecule has 0 N–H and O–H groups in total. The van der Waals surface area contributed by atoms with Crippen molar-refractivity contribution in [2.24, 2.45) is 7.05 Å². The number of hydrogen-bond acceptors (Lipinski definition) is 6. The summed E-state index contributed by atoms with van der Waals surface area (Å²) in [6.45, 7) is 2.63. The first kappa shape index (κ1) is 25.8. The van der Waals surface area contributed by atoms with Crippen molar-refractivity contribution in [2.75, 3.05) is 7.11 Å². The van der Waals surface area contributed by atoms with E-state index in [4.69, 9.17) is 4.74 Å². The van der Waals surface area contributed by atoms with E-state index in [2.05, 4.69) is 19.9 Å². The zero-order valence-electron chi connectivity index (χ0n) is 22.1. The van der Waals surface area contributed by atoms with Gasteiger partial charge >= 0.3 is 11.9 Å². The van der Waals surface area contributed by atoms with Crippen LogP contribution in [0.25, 0.3) is 33.7 Å². The van der Waals surface area contributed by atoms with Gasteiger partial charge in [-0.2, -0.15) is 13.2 Å². The number of halogens is 3. The number of nitrogens with zero attached hydrogens (tertiary/aromatic N) is 7. The van der Waals surface area contributed by atoms with Crippen molar-refractivity contribution in [1.29, 1.82) is 0 Å². The molecule has 4 aromatic heterocycles. The van der Waals surface area contributed by atoms with Gasteiger partial charge < -0.3 is 9.30 Å². The zero-order chi connectivity index (χ0) is 28.2. The first-order valence-corrected chi connectivity index (χ1v) is 12.9. The molecule has 0 amide bonds. The van der Waals surface area contributed by atoms with Crippen LogP contribution in [0.2, 0.25) is 0 Å². The number of alkyl halides is 3. The van der Waals surface area contributed by atoms with E-state index in [1.54, 1.807) is 46.7 Å². The highest BCUT2D eigenvalue weighted by Crippen LogP contribution is 2.45. The van der Waals surface area contributed by atoms with Crippen LogP contribution < -0.4 is 10.4 Å². The van der Waals surface area contributed by atoms with Gasteiger partial charge in [0, 0.05) is 31.3 Å². The Kier molecular flexibility index (Phi) is 6.20. The van der Waals surface area contributed by atoms with E-state index in [0.29, 0.717) is 40.6 Å². The highest BCUT2D eigenvalue weighted by molar-refractivity contribution is 5.82. The molecular weight excluding hydrogens is 523 g/mol. The maximum atomic E-state index is 13.4. The number of fused-ring (bicyclic) bond motifs is 1. The largest absolute Gasteiger partial charge is 0.480 e. The Labute approximate surface area is 226 Å². The normalized spacial score (nSPS) is 13.8. The molecule has 40 heavy (non-hydrogen) atoms. The van der Waals surface area contributed by atoms with E-state index in [1.807, 2.05) is 13.0 Å². The lowest BCUT2D eigenvalue weighted by molar-refractivity contribution is -0.140. The van der Waals surface area contributed by atoms with Gasteiger partial charge in [-0.05, 0) is 31.4 Å². The Bertz CT molecular complexity index is 1780. The van der Waals surface area contributed by atoms with Crippen LogP contribution in [-0.2, 0) is 26.3 Å². The van der Waals surface area contributed by atoms with Crippen molar-refractivity contribution in [3.63, 3.8) is 0 Å². The molecule has 12 heteroatoms. The second-order valence-corrected chi connectivity index (χ2v) is 9.84. The molecule has 0 radical (unpaired) electrons. The molecule has 5 aromatic rings. The molecule has 6 rings (SSSR count). The summed E-state index contributed by atoms with van der Waals surface area (Å²) in [6, 6.07) is 8.88. The Morgan fingerprint density at radius 2 is 1.80 bits per heavy atom. The lowest BCUT2D eigenvalue weighted by Crippen LogP contribution is -2.24. The minimum Gasteiger partial charge on any atom is -0.480 e. The topological polar surface area (TPSA) is 92.7 Å². The predicted molar refractivity (Wildman–Crippen MR) is 142 cm³/mol. The van der Waals surface area contributed by atoms with Gasteiger partial charge in [-0.25, -0.2) is 19.7 Å². The van der Waals surface area contributed by atoms with Crippen molar-refractivity contribution in [1.82, 2.24) is 33.6 Å². The summed E-state index contributed by atoms with van der Waals surface area (Å²) >= 11 is 0. The molecule has 9 nitrogen and oxygen atoms in total. The van der Waals surface area contributed by atoms with Crippen LogP contribution >= 0.6 is 0 Å². The van der Waals surface area contributed by atoms with E-state index < -0.39 is 11.9 Å². The average Bonchev–Trinajstić information content (AvgIpc) is 3.66. The van der Waals surface area contributed by atoms with Crippen LogP contribution in [-0.4, -0.2) is 40.7 Å². The van der Waals surface area contributed by atoms with E-state index in [0.717, 1.165) is 35.9 Å². The van der Waals surface area contributed by atoms with E-state index in [-0.39, 0.29) is 18.1 Å². The molecule has 0 unspecified atom stereocenters. The van der Waals surface area contributed by atoms with Crippen LogP contribution in [0.1, 0.15) is 42.6 Å². The minimum atomic E-state index is -4.52. The molecule has 1 aliphatic rings. The van der Waals surface area contributed by atoms with Crippen molar-refractivity contribution >= 4 is 11.0 Å². The lowest BCUT2D eigenvalue weighted by atomic mass is 10.1. The summed E-state index contributed by atoms with van der Waals surface area (Å²) in [5, 5.41) is 0. The van der Waals surface area contributed by atoms with Gasteiger partial charge in [0.15, 0.2) is 5.69 Å². The quantitative estimate of drug-likeness (QED) is 0.283. The molecule has 0 saturated heterocycles. The molecule has 0 bridgehead atoms. The first-order valence-electron chi connectivity index (χ1n) is 12.9. The molecule has 0 spiro atoms. The zero-order valence-corrected chi connectivity index (χ0v) is 22.1. The van der Waals surface area contributed by atoms with Gasteiger partial charge in [0.05, 0.1) is 47.8 Å². The maximum absolute atomic E-state index is 13.4. The first-order chi connectivity index (χ1) is 19.2. The number of aromatic nitrogens is 7. The van der Waals surface area contributed by atoms with Gasteiger partial charge in [-0.1, -0.05) is 24.3 Å². The van der Waals surface area contributed by atoms with Gasteiger partial charge in [0.25, 0.3) is 0 Å². The average molecular weight is 550 g/mol. The SMILES string of the molecule is CCn1c(=O)n(Cc2ccc(-c3nc(C(F)(F)F)cn3C)cc2)c2cc(-c3c(OC)ncnc3C3CC3)ncc21. The van der Waals surface area contributed by atoms with Crippen LogP contribution in [0, 0.1) is 0 Å². The maximum Gasteiger partial charge on any atom is 0.434 e. The number of imidazole rings is 2. The molecule has 1 aliphatic carbocycles. The molecule has 0 aliphatic heterocycles. The van der Waals surface area contributed by atoms with E-state index in [1.165, 1.54) is 17.9 Å². The highest BCUT2D eigenvalue weighted by Gasteiger charge is 2.34. The number of pyridine rings is 1. The highest BCUT2D eigenvalue weighted by atomic mass is 19.4. The number of methoxy groups -OCH3 is 1. The van der Waals surface area contributed by atoms with Crippen molar-refractivity contribution in [2.45, 2.75) is 44.9 Å². The van der Waals surface area contributed by atoms with Gasteiger partial charge in [-0.15, -0.1) is 0 Å². The van der Waals surface area contributed by atoms with Crippen LogP contribution in [0.4, 0.5) is 13.2 Å². The number of benzene rings is 1. The molecule has 1 fully saturated rings. The molecule has 0 atom stereocenters. The van der Waals surface area contributed by atoms with Crippen LogP contribution in [0.3, 0.4) is 0 Å². The second kappa shape index (κ2) is 9.61. The Hall–Kier alpha value is -4.48. The summed E-state index contributed by atoms with van der Waals surface area (Å²) < 4.78 is 49.6. The Morgan fingerprint density at radius 1 is 1.05 bits per heavy atom. The fraction of sp³-hybridized carbons (Fsp3) is 0.321. The smallest absolute Gasteiger partial charge is 0.434 e. The summed E-state index contributed by atoms with van der Waals surface area (Å²) in [7, 11) is 3.08. The van der Waals surface area contributed by atoms with Crippen molar-refractivity contribution < 1.29 is 17.9 Å². The standard InChI is InChI=1S/C28H26F3N7O2/c1-4-37-21-12-32-19(23-24(17-9-10-17)33-15-34-26(23)40-3)11-20(21)38(27(37)39)13-16-5-7-18(8-6-16)25-35-22(14-36(25)2)28(29,30)31/h5-8,11-12,14-15,17H,4,9-10,13H2,1-3H3. The molecule has 4 heterocycles. The van der Waals surface area contributed by atoms with Gasteiger partial charge in [0.2, 0.25) is 5.88 Å². The Morgan fingerprint density at radius 3 is 2.42 bits per heavy atom. The third-order valence-electron chi connectivity index (χ3n) is 7.20. The van der Waals surface area contributed by atoms with Crippen LogP contribution in [0.5, 0.6) is 5.88 Å². The number of hydrogen-bond donors (Lipinski definition) is 0. The van der Waals surface area contributed by atoms with Crippen LogP contribution in [0.15, 0.2) is 53.8 Å². The third kappa shape index (κ3) is 4.42. The summed E-state index contributed by atoms with van der Waals surface area (Å²) in [5.41, 5.74) is 3.87. The fourth-order valence-corrected chi connectivity index (χ4v) is 5.07. The number of rotatable bonds is 7. The molecular formula is C28H26F3N7O2. The number of aryl methyl sites for hydroxylation is 2. The molecule has 1 saturated carbocycles. The third-order valence-corrected chi connectivity index (χ3v) is 7.20. The van der Waals surface area contributed by atoms with E-state index >= 15 is 0 Å². The summed E-state index contributed by atoms with van der Waals surface area (Å²) in [6.07, 6.45) is 1.72. The fourth-order valence-electron chi connectivity index (χ4n) is 5.07. The molecule has 1 aromatic carbocycles. The minimum absolute atomic E-state index is 0.182. The summed E-state index contributed by atoms with van der Waals surface area (Å²) in [5.74, 6) is 0.974. The number of ether oxygens (including phenoxy) is 1. The van der Waals surface area contributed by atoms with Crippen molar-refractivity contribution in [3.8, 4) is 28.5 Å². The lowest BCUT2D eigenvalue weighted by Gasteiger charge is -2.12.